The van der Waals surface area contributed by atoms with Crippen molar-refractivity contribution in [2.75, 3.05) is 57.9 Å². The van der Waals surface area contributed by atoms with E-state index in [1.165, 1.54) is 58.0 Å². The standard InChI is InChI=1S/C26H41N3O3/c1-31-25-20-23(32-19-9-18-27-14-5-2-3-6-15-27)11-12-24(25)29-22(10-13-26(29)30)21-28-16-7-4-8-17-28/h11-12,20,22H,2-10,13-19,21H2,1H3. The first-order chi connectivity index (χ1) is 15.7. The number of hydrogen-bond acceptors (Lipinski definition) is 5. The highest BCUT2D eigenvalue weighted by molar-refractivity contribution is 5.97. The van der Waals surface area contributed by atoms with E-state index in [9.17, 15) is 4.79 Å². The van der Waals surface area contributed by atoms with E-state index in [2.05, 4.69) is 9.80 Å². The maximum absolute atomic E-state index is 12.8. The van der Waals surface area contributed by atoms with Crippen LogP contribution in [-0.4, -0.2) is 74.7 Å². The van der Waals surface area contributed by atoms with Crippen molar-refractivity contribution in [2.45, 2.75) is 70.3 Å². The lowest BCUT2D eigenvalue weighted by Crippen LogP contribution is -2.43. The molecule has 1 aromatic rings. The van der Waals surface area contributed by atoms with E-state index >= 15 is 0 Å². The van der Waals surface area contributed by atoms with Gasteiger partial charge in [-0.1, -0.05) is 19.3 Å². The van der Waals surface area contributed by atoms with Gasteiger partial charge in [-0.25, -0.2) is 0 Å². The van der Waals surface area contributed by atoms with Crippen molar-refractivity contribution in [2.24, 2.45) is 0 Å². The van der Waals surface area contributed by atoms with Gasteiger partial charge in [0.05, 0.1) is 25.4 Å². The summed E-state index contributed by atoms with van der Waals surface area (Å²) >= 11 is 0. The van der Waals surface area contributed by atoms with Crippen molar-refractivity contribution in [1.82, 2.24) is 9.80 Å². The van der Waals surface area contributed by atoms with Crippen LogP contribution in [0.3, 0.4) is 0 Å². The van der Waals surface area contributed by atoms with Crippen LogP contribution in [0.5, 0.6) is 11.5 Å². The van der Waals surface area contributed by atoms with E-state index in [1.807, 2.05) is 23.1 Å². The van der Waals surface area contributed by atoms with Crippen LogP contribution in [0.4, 0.5) is 5.69 Å². The highest BCUT2D eigenvalue weighted by Gasteiger charge is 2.35. The zero-order chi connectivity index (χ0) is 22.2. The molecule has 178 valence electrons. The predicted molar refractivity (Wildman–Crippen MR) is 129 cm³/mol. The molecule has 3 saturated heterocycles. The molecule has 1 unspecified atom stereocenters. The second-order valence-corrected chi connectivity index (χ2v) is 9.61. The summed E-state index contributed by atoms with van der Waals surface area (Å²) in [6.45, 7) is 7.54. The summed E-state index contributed by atoms with van der Waals surface area (Å²) < 4.78 is 11.7. The van der Waals surface area contributed by atoms with Crippen LogP contribution in [0, 0.1) is 0 Å². The van der Waals surface area contributed by atoms with Gasteiger partial charge in [0.1, 0.15) is 11.5 Å². The number of amides is 1. The zero-order valence-electron chi connectivity index (χ0n) is 19.9. The van der Waals surface area contributed by atoms with E-state index in [-0.39, 0.29) is 11.9 Å². The number of benzene rings is 1. The molecular weight excluding hydrogens is 402 g/mol. The van der Waals surface area contributed by atoms with Crippen LogP contribution < -0.4 is 14.4 Å². The van der Waals surface area contributed by atoms with Gasteiger partial charge in [0.2, 0.25) is 5.91 Å². The molecule has 32 heavy (non-hydrogen) atoms. The topological polar surface area (TPSA) is 45.3 Å². The average Bonchev–Trinajstić information content (AvgIpc) is 3.01. The number of anilines is 1. The SMILES string of the molecule is COc1cc(OCCCN2CCCCCC2)ccc1N1C(=O)CCC1CN1CCCCC1. The first-order valence-corrected chi connectivity index (χ1v) is 12.8. The largest absolute Gasteiger partial charge is 0.494 e. The van der Waals surface area contributed by atoms with Crippen LogP contribution >= 0.6 is 0 Å². The van der Waals surface area contributed by atoms with Gasteiger partial charge in [-0.2, -0.15) is 0 Å². The van der Waals surface area contributed by atoms with Crippen molar-refractivity contribution in [3.63, 3.8) is 0 Å². The highest BCUT2D eigenvalue weighted by Crippen LogP contribution is 2.37. The van der Waals surface area contributed by atoms with E-state index < -0.39 is 0 Å². The lowest BCUT2D eigenvalue weighted by atomic mass is 10.1. The Bertz CT molecular complexity index is 727. The minimum absolute atomic E-state index is 0.205. The van der Waals surface area contributed by atoms with E-state index in [0.717, 1.165) is 56.2 Å². The Kier molecular flexibility index (Phi) is 8.69. The Morgan fingerprint density at radius 2 is 1.62 bits per heavy atom. The number of rotatable bonds is 9. The molecule has 1 atom stereocenters. The lowest BCUT2D eigenvalue weighted by Gasteiger charge is -2.33. The van der Waals surface area contributed by atoms with Crippen molar-refractivity contribution in [3.05, 3.63) is 18.2 Å². The van der Waals surface area contributed by atoms with E-state index in [1.54, 1.807) is 7.11 Å². The smallest absolute Gasteiger partial charge is 0.227 e. The molecular formula is C26H41N3O3. The number of carbonyl (C=O) groups excluding carboxylic acids is 1. The van der Waals surface area contributed by atoms with Gasteiger partial charge in [-0.3, -0.25) is 4.79 Å². The Morgan fingerprint density at radius 1 is 0.938 bits per heavy atom. The van der Waals surface area contributed by atoms with Gasteiger partial charge in [-0.05, 0) is 76.8 Å². The predicted octanol–water partition coefficient (Wildman–Crippen LogP) is 4.32. The third-order valence-corrected chi connectivity index (χ3v) is 7.24. The number of hydrogen-bond donors (Lipinski definition) is 0. The van der Waals surface area contributed by atoms with Gasteiger partial charge in [-0.15, -0.1) is 0 Å². The van der Waals surface area contributed by atoms with Crippen molar-refractivity contribution in [1.29, 1.82) is 0 Å². The summed E-state index contributed by atoms with van der Waals surface area (Å²) in [6, 6.07) is 6.18. The molecule has 6 heteroatoms. The number of likely N-dealkylation sites (tertiary alicyclic amines) is 2. The monoisotopic (exact) mass is 443 g/mol. The minimum atomic E-state index is 0.205. The maximum Gasteiger partial charge on any atom is 0.227 e. The fourth-order valence-corrected chi connectivity index (χ4v) is 5.47. The summed E-state index contributed by atoms with van der Waals surface area (Å²) in [4.78, 5) is 19.9. The molecule has 0 bridgehead atoms. The molecule has 0 aliphatic carbocycles. The number of nitrogens with zero attached hydrogens (tertiary/aromatic N) is 3. The second kappa shape index (κ2) is 11.9. The summed E-state index contributed by atoms with van der Waals surface area (Å²) in [5, 5.41) is 0. The minimum Gasteiger partial charge on any atom is -0.494 e. The van der Waals surface area contributed by atoms with Crippen LogP contribution in [0.2, 0.25) is 0 Å². The molecule has 3 aliphatic rings. The van der Waals surface area contributed by atoms with Crippen LogP contribution in [0.25, 0.3) is 0 Å². The second-order valence-electron chi connectivity index (χ2n) is 9.61. The van der Waals surface area contributed by atoms with E-state index in [0.29, 0.717) is 13.0 Å². The molecule has 1 amide bonds. The molecule has 3 heterocycles. The fraction of sp³-hybridized carbons (Fsp3) is 0.731. The van der Waals surface area contributed by atoms with Crippen molar-refractivity contribution >= 4 is 11.6 Å². The zero-order valence-corrected chi connectivity index (χ0v) is 19.9. The fourth-order valence-electron chi connectivity index (χ4n) is 5.47. The molecule has 3 aliphatic heterocycles. The molecule has 0 radical (unpaired) electrons. The van der Waals surface area contributed by atoms with Gasteiger partial charge >= 0.3 is 0 Å². The normalized spacial score (nSPS) is 23.3. The average molecular weight is 444 g/mol. The van der Waals surface area contributed by atoms with Gasteiger partial charge in [0.25, 0.3) is 0 Å². The third-order valence-electron chi connectivity index (χ3n) is 7.24. The first-order valence-electron chi connectivity index (χ1n) is 12.8. The van der Waals surface area contributed by atoms with Crippen molar-refractivity contribution < 1.29 is 14.3 Å². The molecule has 0 aromatic heterocycles. The van der Waals surface area contributed by atoms with Crippen LogP contribution in [0.15, 0.2) is 18.2 Å². The quantitative estimate of drug-likeness (QED) is 0.532. The summed E-state index contributed by atoms with van der Waals surface area (Å²) in [5.74, 6) is 1.76. The molecule has 1 aromatic carbocycles. The molecule has 0 N–H and O–H groups in total. The molecule has 4 rings (SSSR count). The summed E-state index contributed by atoms with van der Waals surface area (Å²) in [7, 11) is 1.68. The van der Waals surface area contributed by atoms with Crippen LogP contribution in [0.1, 0.15) is 64.2 Å². The Balaban J connectivity index is 1.33. The van der Waals surface area contributed by atoms with Crippen molar-refractivity contribution in [3.8, 4) is 11.5 Å². The van der Waals surface area contributed by atoms with Crippen LogP contribution in [-0.2, 0) is 4.79 Å². The Hall–Kier alpha value is -1.79. The van der Waals surface area contributed by atoms with Gasteiger partial charge in [0.15, 0.2) is 0 Å². The number of carbonyl (C=O) groups is 1. The van der Waals surface area contributed by atoms with Gasteiger partial charge in [0, 0.05) is 25.6 Å². The Labute approximate surface area is 193 Å². The lowest BCUT2D eigenvalue weighted by molar-refractivity contribution is -0.117. The summed E-state index contributed by atoms with van der Waals surface area (Å²) in [6.07, 6.45) is 11.9. The third kappa shape index (κ3) is 6.16. The molecule has 0 saturated carbocycles. The Morgan fingerprint density at radius 3 is 2.34 bits per heavy atom. The molecule has 0 spiro atoms. The molecule has 3 fully saturated rings. The van der Waals surface area contributed by atoms with Gasteiger partial charge < -0.3 is 24.2 Å². The highest BCUT2D eigenvalue weighted by atomic mass is 16.5. The number of piperidine rings is 1. The number of methoxy groups -OCH3 is 1. The summed E-state index contributed by atoms with van der Waals surface area (Å²) in [5.41, 5.74) is 0.883. The molecule has 6 nitrogen and oxygen atoms in total. The number of ether oxygens (including phenoxy) is 2. The first kappa shape index (κ1) is 23.4. The maximum atomic E-state index is 12.8. The van der Waals surface area contributed by atoms with E-state index in [4.69, 9.17) is 9.47 Å².